The van der Waals surface area contributed by atoms with Crippen molar-refractivity contribution in [3.8, 4) is 0 Å². The molecule has 1 aromatic rings. The lowest BCUT2D eigenvalue weighted by Crippen LogP contribution is -1.85. The van der Waals surface area contributed by atoms with Gasteiger partial charge in [-0.2, -0.15) is 0 Å². The second-order valence-corrected chi connectivity index (χ2v) is 2.75. The lowest BCUT2D eigenvalue weighted by atomic mass is 10.3. The Morgan fingerprint density at radius 2 is 2.36 bits per heavy atom. The molecule has 0 aromatic carbocycles. The maximum atomic E-state index is 4.15. The first-order chi connectivity index (χ1) is 5.33. The highest BCUT2D eigenvalue weighted by Gasteiger charge is 1.86. The summed E-state index contributed by atoms with van der Waals surface area (Å²) in [5.74, 6) is 0. The Labute approximate surface area is 70.9 Å². The van der Waals surface area contributed by atoms with Crippen LogP contribution in [0.5, 0.6) is 0 Å². The van der Waals surface area contributed by atoms with Gasteiger partial charge in [0.1, 0.15) is 0 Å². The van der Waals surface area contributed by atoms with Gasteiger partial charge >= 0.3 is 0 Å². The molecule has 11 heavy (non-hydrogen) atoms. The largest absolute Gasteiger partial charge is 0.255 e. The summed E-state index contributed by atoms with van der Waals surface area (Å²) in [5, 5.41) is 0. The molecule has 1 aromatic heterocycles. The summed E-state index contributed by atoms with van der Waals surface area (Å²) in [7, 11) is 0. The number of rotatable bonds is 2. The normalized spacial score (nSPS) is 10.7. The van der Waals surface area contributed by atoms with Crippen molar-refractivity contribution in [2.75, 3.05) is 6.26 Å². The van der Waals surface area contributed by atoms with E-state index in [4.69, 9.17) is 0 Å². The first kappa shape index (κ1) is 8.27. The topological polar surface area (TPSA) is 25.2 Å². The van der Waals surface area contributed by atoms with E-state index in [0.29, 0.717) is 0 Å². The van der Waals surface area contributed by atoms with Crippen molar-refractivity contribution in [1.82, 2.24) is 4.98 Å². The van der Waals surface area contributed by atoms with Crippen LogP contribution in [0.3, 0.4) is 0 Å². The molecule has 3 heteroatoms. The first-order valence-corrected chi connectivity index (χ1v) is 4.50. The molecule has 1 rings (SSSR count). The van der Waals surface area contributed by atoms with Crippen LogP contribution in [0.15, 0.2) is 22.7 Å². The van der Waals surface area contributed by atoms with Gasteiger partial charge in [-0.15, -0.1) is 0 Å². The van der Waals surface area contributed by atoms with Crippen LogP contribution in [0.2, 0.25) is 0 Å². The summed E-state index contributed by atoms with van der Waals surface area (Å²) in [6.07, 6.45) is 5.51. The Morgan fingerprint density at radius 3 is 2.91 bits per heavy atom. The molecule has 0 aliphatic heterocycles. The zero-order valence-electron chi connectivity index (χ0n) is 6.61. The third-order valence-electron chi connectivity index (χ3n) is 1.22. The van der Waals surface area contributed by atoms with E-state index in [1.807, 2.05) is 31.5 Å². The Hall–Kier alpha value is -0.830. The highest BCUT2D eigenvalue weighted by molar-refractivity contribution is 7.97. The van der Waals surface area contributed by atoms with Crippen LogP contribution in [0.25, 0.3) is 0 Å². The molecule has 0 amide bonds. The summed E-state index contributed by atoms with van der Waals surface area (Å²) in [6, 6.07) is 3.98. The van der Waals surface area contributed by atoms with Gasteiger partial charge in [0.05, 0.1) is 11.9 Å². The van der Waals surface area contributed by atoms with E-state index in [9.17, 15) is 0 Å². The predicted octanol–water partition coefficient (Wildman–Crippen LogP) is 2.09. The monoisotopic (exact) mass is 166 g/mol. The Balaban J connectivity index is 2.73. The number of aromatic nitrogens is 1. The molecular formula is C8H10N2S. The van der Waals surface area contributed by atoms with Crippen molar-refractivity contribution in [1.29, 1.82) is 0 Å². The second-order valence-electron chi connectivity index (χ2n) is 2.18. The molecule has 2 nitrogen and oxygen atoms in total. The number of hydrogen-bond acceptors (Lipinski definition) is 3. The fourth-order valence-electron chi connectivity index (χ4n) is 0.662. The molecule has 0 saturated carbocycles. The van der Waals surface area contributed by atoms with Gasteiger partial charge in [0.15, 0.2) is 0 Å². The smallest absolute Gasteiger partial charge is 0.0819 e. The van der Waals surface area contributed by atoms with Crippen LogP contribution < -0.4 is 0 Å². The number of aryl methyl sites for hydroxylation is 1. The molecule has 58 valence electrons. The quantitative estimate of drug-likeness (QED) is 0.496. The Bertz CT molecular complexity index is 241. The van der Waals surface area contributed by atoms with E-state index in [1.165, 1.54) is 17.5 Å². The Kier molecular flexibility index (Phi) is 3.11. The number of nitrogens with zero attached hydrogens (tertiary/aromatic N) is 2. The first-order valence-electron chi connectivity index (χ1n) is 3.32. The third kappa shape index (κ3) is 2.72. The van der Waals surface area contributed by atoms with Gasteiger partial charge in [0.25, 0.3) is 0 Å². The minimum Gasteiger partial charge on any atom is -0.255 e. The van der Waals surface area contributed by atoms with Crippen molar-refractivity contribution in [2.24, 2.45) is 4.40 Å². The minimum atomic E-state index is 0.907. The molecule has 0 radical (unpaired) electrons. The van der Waals surface area contributed by atoms with Gasteiger partial charge in [0.2, 0.25) is 0 Å². The summed E-state index contributed by atoms with van der Waals surface area (Å²) in [4.78, 5) is 4.15. The lowest BCUT2D eigenvalue weighted by Gasteiger charge is -1.91. The molecule has 0 fully saturated rings. The van der Waals surface area contributed by atoms with E-state index in [0.717, 1.165) is 5.69 Å². The number of hydrogen-bond donors (Lipinski definition) is 0. The van der Waals surface area contributed by atoms with Crippen molar-refractivity contribution in [2.45, 2.75) is 6.92 Å². The van der Waals surface area contributed by atoms with Crippen LogP contribution in [-0.4, -0.2) is 17.5 Å². The molecule has 0 unspecified atom stereocenters. The van der Waals surface area contributed by atoms with Gasteiger partial charge in [0, 0.05) is 12.5 Å². The van der Waals surface area contributed by atoms with Crippen LogP contribution in [-0.2, 0) is 0 Å². The summed E-state index contributed by atoms with van der Waals surface area (Å²) in [5.41, 5.74) is 2.08. The van der Waals surface area contributed by atoms with E-state index < -0.39 is 0 Å². The second kappa shape index (κ2) is 4.13. The van der Waals surface area contributed by atoms with E-state index in [1.54, 1.807) is 6.21 Å². The highest BCUT2D eigenvalue weighted by atomic mass is 32.2. The maximum absolute atomic E-state index is 4.15. The molecule has 0 spiro atoms. The molecule has 0 bridgehead atoms. The Morgan fingerprint density at radius 1 is 1.55 bits per heavy atom. The summed E-state index contributed by atoms with van der Waals surface area (Å²) in [6.45, 7) is 2.02. The van der Waals surface area contributed by atoms with Crippen LogP contribution in [0.4, 0.5) is 0 Å². The van der Waals surface area contributed by atoms with Crippen molar-refractivity contribution in [3.63, 3.8) is 0 Å². The fraction of sp³-hybridized carbons (Fsp3) is 0.250. The average molecular weight is 166 g/mol. The fourth-order valence-corrected chi connectivity index (χ4v) is 0.876. The van der Waals surface area contributed by atoms with E-state index in [-0.39, 0.29) is 0 Å². The SMILES string of the molecule is CS/N=C/c1ccc(C)cn1. The zero-order chi connectivity index (χ0) is 8.10. The van der Waals surface area contributed by atoms with Crippen LogP contribution in [0.1, 0.15) is 11.3 Å². The lowest BCUT2D eigenvalue weighted by molar-refractivity contribution is 1.25. The van der Waals surface area contributed by atoms with Gasteiger partial charge in [-0.1, -0.05) is 6.07 Å². The summed E-state index contributed by atoms with van der Waals surface area (Å²) >= 11 is 1.43. The van der Waals surface area contributed by atoms with E-state index >= 15 is 0 Å². The molecule has 0 aliphatic carbocycles. The highest BCUT2D eigenvalue weighted by Crippen LogP contribution is 1.98. The van der Waals surface area contributed by atoms with Crippen molar-refractivity contribution >= 4 is 18.2 Å². The van der Waals surface area contributed by atoms with Crippen molar-refractivity contribution in [3.05, 3.63) is 29.6 Å². The molecule has 0 atom stereocenters. The van der Waals surface area contributed by atoms with Crippen LogP contribution >= 0.6 is 11.9 Å². The third-order valence-corrected chi connectivity index (χ3v) is 1.54. The van der Waals surface area contributed by atoms with Crippen LogP contribution in [0, 0.1) is 6.92 Å². The molecule has 0 N–H and O–H groups in total. The van der Waals surface area contributed by atoms with Gasteiger partial charge < -0.3 is 0 Å². The van der Waals surface area contributed by atoms with E-state index in [2.05, 4.69) is 9.38 Å². The van der Waals surface area contributed by atoms with Gasteiger partial charge in [-0.3, -0.25) is 4.98 Å². The molecular weight excluding hydrogens is 156 g/mol. The summed E-state index contributed by atoms with van der Waals surface area (Å²) < 4.78 is 4.00. The molecule has 1 heterocycles. The molecule has 0 saturated heterocycles. The predicted molar refractivity (Wildman–Crippen MR) is 50.1 cm³/mol. The minimum absolute atomic E-state index is 0.907. The van der Waals surface area contributed by atoms with Gasteiger partial charge in [-0.25, -0.2) is 4.40 Å². The van der Waals surface area contributed by atoms with Gasteiger partial charge in [-0.05, 0) is 30.5 Å². The molecule has 0 aliphatic rings. The van der Waals surface area contributed by atoms with Crippen molar-refractivity contribution < 1.29 is 0 Å². The standard InChI is InChI=1S/C8H10N2S/c1-7-3-4-8(9-5-7)6-10-11-2/h3-6H,1-2H3/b10-6+. The maximum Gasteiger partial charge on any atom is 0.0819 e. The number of pyridine rings is 1. The average Bonchev–Trinajstić information content (AvgIpc) is 2.04. The zero-order valence-corrected chi connectivity index (χ0v) is 7.43.